The smallest absolute Gasteiger partial charge is 0.280 e. The maximum atomic E-state index is 11.8. The second-order valence-electron chi connectivity index (χ2n) is 4.43. The maximum absolute atomic E-state index is 11.8. The van der Waals surface area contributed by atoms with E-state index < -0.39 is 0 Å². The Labute approximate surface area is 105 Å². The van der Waals surface area contributed by atoms with E-state index in [9.17, 15) is 4.79 Å². The largest absolute Gasteiger partial charge is 0.350 e. The predicted molar refractivity (Wildman–Crippen MR) is 71.4 cm³/mol. The summed E-state index contributed by atoms with van der Waals surface area (Å²) in [6.45, 7) is 5.00. The number of nitrogens with one attached hydrogen (secondary N) is 1. The summed E-state index contributed by atoms with van der Waals surface area (Å²) in [4.78, 5) is 16.1. The van der Waals surface area contributed by atoms with Gasteiger partial charge in [0, 0.05) is 6.54 Å². The van der Waals surface area contributed by atoms with Crippen LogP contribution in [0.2, 0.25) is 0 Å². The number of amides is 1. The van der Waals surface area contributed by atoms with Gasteiger partial charge in [-0.15, -0.1) is 11.3 Å². The highest BCUT2D eigenvalue weighted by molar-refractivity contribution is 7.20. The summed E-state index contributed by atoms with van der Waals surface area (Å²) < 4.78 is 1.06. The van der Waals surface area contributed by atoms with Gasteiger partial charge in [-0.3, -0.25) is 4.79 Å². The summed E-state index contributed by atoms with van der Waals surface area (Å²) in [6.07, 6.45) is 0.997. The highest BCUT2D eigenvalue weighted by Crippen LogP contribution is 2.21. The van der Waals surface area contributed by atoms with E-state index in [0.717, 1.165) is 16.6 Å². The molecule has 1 aromatic carbocycles. The summed E-state index contributed by atoms with van der Waals surface area (Å²) in [5.41, 5.74) is 0.895. The molecule has 4 heteroatoms. The molecule has 2 rings (SSSR count). The molecule has 0 saturated carbocycles. The number of rotatable bonds is 4. The van der Waals surface area contributed by atoms with Crippen molar-refractivity contribution in [1.29, 1.82) is 0 Å². The number of hydrogen-bond donors (Lipinski definition) is 1. The van der Waals surface area contributed by atoms with Gasteiger partial charge in [0.2, 0.25) is 0 Å². The van der Waals surface area contributed by atoms with Gasteiger partial charge in [0.1, 0.15) is 0 Å². The normalized spacial score (nSPS) is 11.0. The zero-order chi connectivity index (χ0) is 12.3. The quantitative estimate of drug-likeness (QED) is 0.903. The van der Waals surface area contributed by atoms with Crippen LogP contribution in [0, 0.1) is 5.92 Å². The number of nitrogens with zero attached hydrogens (tertiary/aromatic N) is 1. The van der Waals surface area contributed by atoms with Crippen LogP contribution in [0.25, 0.3) is 10.2 Å². The van der Waals surface area contributed by atoms with Crippen LogP contribution in [-0.4, -0.2) is 17.4 Å². The highest BCUT2D eigenvalue weighted by atomic mass is 32.1. The molecule has 0 aliphatic rings. The summed E-state index contributed by atoms with van der Waals surface area (Å²) >= 11 is 1.44. The molecular weight excluding hydrogens is 232 g/mol. The average molecular weight is 248 g/mol. The molecule has 0 fully saturated rings. The molecule has 0 aliphatic carbocycles. The third-order valence-electron chi connectivity index (χ3n) is 2.50. The van der Waals surface area contributed by atoms with Crippen LogP contribution in [0.15, 0.2) is 24.3 Å². The van der Waals surface area contributed by atoms with Crippen molar-refractivity contribution in [2.75, 3.05) is 6.54 Å². The molecule has 0 bridgehead atoms. The van der Waals surface area contributed by atoms with Crippen LogP contribution in [-0.2, 0) is 0 Å². The standard InChI is InChI=1S/C13H16N2OS/c1-9(2)7-8-14-12(16)13-15-10-5-3-4-6-11(10)17-13/h3-6,9H,7-8H2,1-2H3,(H,14,16). The summed E-state index contributed by atoms with van der Waals surface area (Å²) in [6, 6.07) is 7.80. The first-order chi connectivity index (χ1) is 8.16. The van der Waals surface area contributed by atoms with E-state index in [4.69, 9.17) is 0 Å². The van der Waals surface area contributed by atoms with Gasteiger partial charge in [0.25, 0.3) is 5.91 Å². The fourth-order valence-electron chi connectivity index (χ4n) is 1.52. The zero-order valence-corrected chi connectivity index (χ0v) is 10.9. The molecule has 1 amide bonds. The Bertz CT molecular complexity index is 486. The van der Waals surface area contributed by atoms with Gasteiger partial charge in [0.05, 0.1) is 10.2 Å². The van der Waals surface area contributed by atoms with Gasteiger partial charge < -0.3 is 5.32 Å². The topological polar surface area (TPSA) is 42.0 Å². The fraction of sp³-hybridized carbons (Fsp3) is 0.385. The van der Waals surface area contributed by atoms with Gasteiger partial charge in [-0.05, 0) is 24.5 Å². The van der Waals surface area contributed by atoms with E-state index in [-0.39, 0.29) is 5.91 Å². The second kappa shape index (κ2) is 5.27. The van der Waals surface area contributed by atoms with Crippen molar-refractivity contribution in [3.05, 3.63) is 29.3 Å². The first-order valence-corrected chi connectivity index (χ1v) is 6.62. The van der Waals surface area contributed by atoms with E-state index in [1.54, 1.807) is 0 Å². The Kier molecular flexibility index (Phi) is 3.74. The Morgan fingerprint density at radius 1 is 1.41 bits per heavy atom. The van der Waals surface area contributed by atoms with Crippen molar-refractivity contribution < 1.29 is 4.79 Å². The summed E-state index contributed by atoms with van der Waals surface area (Å²) in [5.74, 6) is 0.539. The SMILES string of the molecule is CC(C)CCNC(=O)c1nc2ccccc2s1. The lowest BCUT2D eigenvalue weighted by Gasteiger charge is -2.04. The number of fused-ring (bicyclic) bond motifs is 1. The molecule has 90 valence electrons. The van der Waals surface area contributed by atoms with Crippen LogP contribution in [0.4, 0.5) is 0 Å². The molecule has 0 spiro atoms. The first kappa shape index (κ1) is 12.0. The molecule has 1 aromatic heterocycles. The van der Waals surface area contributed by atoms with Crippen molar-refractivity contribution in [3.8, 4) is 0 Å². The number of benzene rings is 1. The molecule has 1 N–H and O–H groups in total. The number of aromatic nitrogens is 1. The van der Waals surface area contributed by atoms with Gasteiger partial charge in [-0.1, -0.05) is 26.0 Å². The van der Waals surface area contributed by atoms with Crippen LogP contribution in [0.1, 0.15) is 30.1 Å². The van der Waals surface area contributed by atoms with E-state index in [1.165, 1.54) is 11.3 Å². The molecule has 17 heavy (non-hydrogen) atoms. The molecular formula is C13H16N2OS. The van der Waals surface area contributed by atoms with E-state index >= 15 is 0 Å². The van der Waals surface area contributed by atoms with Crippen molar-refractivity contribution in [2.45, 2.75) is 20.3 Å². The molecule has 0 aliphatic heterocycles. The van der Waals surface area contributed by atoms with Gasteiger partial charge in [-0.2, -0.15) is 0 Å². The Hall–Kier alpha value is -1.42. The second-order valence-corrected chi connectivity index (χ2v) is 5.46. The lowest BCUT2D eigenvalue weighted by molar-refractivity contribution is 0.0952. The highest BCUT2D eigenvalue weighted by Gasteiger charge is 2.11. The van der Waals surface area contributed by atoms with Gasteiger partial charge >= 0.3 is 0 Å². The fourth-order valence-corrected chi connectivity index (χ4v) is 2.40. The van der Waals surface area contributed by atoms with Crippen molar-refractivity contribution in [1.82, 2.24) is 10.3 Å². The Balaban J connectivity index is 2.04. The van der Waals surface area contributed by atoms with Crippen LogP contribution < -0.4 is 5.32 Å². The molecule has 1 heterocycles. The third-order valence-corrected chi connectivity index (χ3v) is 3.53. The number of carbonyl (C=O) groups excluding carboxylic acids is 1. The minimum absolute atomic E-state index is 0.0631. The number of carbonyl (C=O) groups is 1. The monoisotopic (exact) mass is 248 g/mol. The molecule has 0 atom stereocenters. The number of thiazole rings is 1. The summed E-state index contributed by atoms with van der Waals surface area (Å²) in [7, 11) is 0. The Morgan fingerprint density at radius 3 is 2.88 bits per heavy atom. The predicted octanol–water partition coefficient (Wildman–Crippen LogP) is 3.07. The van der Waals surface area contributed by atoms with Gasteiger partial charge in [0.15, 0.2) is 5.01 Å². The Morgan fingerprint density at radius 2 is 2.18 bits per heavy atom. The average Bonchev–Trinajstić information content (AvgIpc) is 2.71. The van der Waals surface area contributed by atoms with Gasteiger partial charge in [-0.25, -0.2) is 4.98 Å². The molecule has 2 aromatic rings. The van der Waals surface area contributed by atoms with Crippen LogP contribution >= 0.6 is 11.3 Å². The van der Waals surface area contributed by atoms with E-state index in [1.807, 2.05) is 24.3 Å². The van der Waals surface area contributed by atoms with E-state index in [0.29, 0.717) is 17.5 Å². The minimum Gasteiger partial charge on any atom is -0.350 e. The lowest BCUT2D eigenvalue weighted by atomic mass is 10.1. The molecule has 0 unspecified atom stereocenters. The first-order valence-electron chi connectivity index (χ1n) is 5.80. The maximum Gasteiger partial charge on any atom is 0.280 e. The van der Waals surface area contributed by atoms with Crippen molar-refractivity contribution >= 4 is 27.5 Å². The van der Waals surface area contributed by atoms with Crippen molar-refractivity contribution in [2.24, 2.45) is 5.92 Å². The number of para-hydroxylation sites is 1. The lowest BCUT2D eigenvalue weighted by Crippen LogP contribution is -2.25. The van der Waals surface area contributed by atoms with E-state index in [2.05, 4.69) is 24.1 Å². The number of hydrogen-bond acceptors (Lipinski definition) is 3. The van der Waals surface area contributed by atoms with Crippen LogP contribution in [0.3, 0.4) is 0 Å². The molecule has 0 radical (unpaired) electrons. The third kappa shape index (κ3) is 3.03. The molecule has 3 nitrogen and oxygen atoms in total. The minimum atomic E-state index is -0.0631. The zero-order valence-electron chi connectivity index (χ0n) is 10.1. The van der Waals surface area contributed by atoms with Crippen LogP contribution in [0.5, 0.6) is 0 Å². The summed E-state index contributed by atoms with van der Waals surface area (Å²) in [5, 5.41) is 3.45. The molecule has 0 saturated heterocycles. The van der Waals surface area contributed by atoms with Crippen molar-refractivity contribution in [3.63, 3.8) is 0 Å².